The Morgan fingerprint density at radius 3 is 2.63 bits per heavy atom. The molecule has 2 heterocycles. The van der Waals surface area contributed by atoms with Crippen molar-refractivity contribution in [3.8, 4) is 5.75 Å². The van der Waals surface area contributed by atoms with E-state index in [0.29, 0.717) is 22.5 Å². The van der Waals surface area contributed by atoms with Crippen LogP contribution in [0.15, 0.2) is 29.6 Å². The third-order valence-corrected chi connectivity index (χ3v) is 6.64. The molecule has 0 saturated carbocycles. The predicted molar refractivity (Wildman–Crippen MR) is 131 cm³/mol. The highest BCUT2D eigenvalue weighted by Crippen LogP contribution is 2.28. The van der Waals surface area contributed by atoms with Gasteiger partial charge in [-0.05, 0) is 45.4 Å². The molecule has 0 radical (unpaired) electrons. The first-order valence-electron chi connectivity index (χ1n) is 11.1. The molecule has 0 saturated heterocycles. The number of likely N-dealkylation sites (N-methyl/N-ethyl adjacent to an activating group) is 1. The van der Waals surface area contributed by atoms with Crippen molar-refractivity contribution in [3.63, 3.8) is 0 Å². The Kier molecular flexibility index (Phi) is 8.57. The number of ether oxygens (including phenoxy) is 3. The number of aryl methyl sites for hydroxylation is 2. The molecule has 1 aromatic carbocycles. The summed E-state index contributed by atoms with van der Waals surface area (Å²) in [6.07, 6.45) is 0.878. The van der Waals surface area contributed by atoms with Gasteiger partial charge in [0.25, 0.3) is 0 Å². The van der Waals surface area contributed by atoms with E-state index in [9.17, 15) is 14.1 Å². The molecule has 10 nitrogen and oxygen atoms in total. The van der Waals surface area contributed by atoms with E-state index >= 15 is 0 Å². The van der Waals surface area contributed by atoms with Crippen LogP contribution in [0.2, 0.25) is 0 Å². The van der Waals surface area contributed by atoms with Crippen molar-refractivity contribution in [2.45, 2.75) is 38.6 Å². The Morgan fingerprint density at radius 1 is 1.20 bits per heavy atom. The number of hydrogen-bond acceptors (Lipinski definition) is 8. The number of amides is 1. The van der Waals surface area contributed by atoms with Crippen LogP contribution in [0.3, 0.4) is 0 Å². The van der Waals surface area contributed by atoms with Crippen LogP contribution in [0, 0.1) is 20.8 Å². The fourth-order valence-corrected chi connectivity index (χ4v) is 4.85. The topological polar surface area (TPSA) is 119 Å². The zero-order valence-corrected chi connectivity index (χ0v) is 21.6. The minimum Gasteiger partial charge on any atom is -0.609 e. The summed E-state index contributed by atoms with van der Waals surface area (Å²) in [7, 11) is 3.15. The fourth-order valence-electron chi connectivity index (χ4n) is 3.60. The smallest absolute Gasteiger partial charge is 0.508 e. The molecule has 0 aliphatic carbocycles. The van der Waals surface area contributed by atoms with Crippen molar-refractivity contribution >= 4 is 34.4 Å². The zero-order valence-electron chi connectivity index (χ0n) is 20.8. The highest BCUT2D eigenvalue weighted by atomic mass is 32.2. The Balaban J connectivity index is 1.91. The van der Waals surface area contributed by atoms with E-state index in [-0.39, 0.29) is 30.7 Å². The van der Waals surface area contributed by atoms with Gasteiger partial charge in [0.1, 0.15) is 12.4 Å². The standard InChI is InChI=1S/C24H30N4O6S/c1-7-33-24(30)34-11-10-27(5)23(29)28-20-9-8-15(2)12-18(20)26-22(28)35(31)14-19-17(4)21(32-6)16(3)13-25-19/h8-9,12-13H,7,10-11,14H2,1-6H3. The molecule has 2 aromatic heterocycles. The molecular weight excluding hydrogens is 472 g/mol. The van der Waals surface area contributed by atoms with Crippen molar-refractivity contribution in [1.29, 1.82) is 0 Å². The summed E-state index contributed by atoms with van der Waals surface area (Å²) < 4.78 is 30.0. The molecule has 3 rings (SSSR count). The van der Waals surface area contributed by atoms with Gasteiger partial charge in [0.15, 0.2) is 5.75 Å². The molecule has 188 valence electrons. The van der Waals surface area contributed by atoms with E-state index in [1.165, 1.54) is 9.47 Å². The van der Waals surface area contributed by atoms with E-state index in [2.05, 4.69) is 9.97 Å². The van der Waals surface area contributed by atoms with Crippen LogP contribution >= 0.6 is 0 Å². The van der Waals surface area contributed by atoms with E-state index in [4.69, 9.17) is 14.2 Å². The van der Waals surface area contributed by atoms with Crippen molar-refractivity contribution < 1.29 is 28.4 Å². The average molecular weight is 503 g/mol. The summed E-state index contributed by atoms with van der Waals surface area (Å²) in [5.41, 5.74) is 4.33. The third-order valence-electron chi connectivity index (χ3n) is 5.43. The van der Waals surface area contributed by atoms with Gasteiger partial charge in [-0.3, -0.25) is 4.98 Å². The van der Waals surface area contributed by atoms with Gasteiger partial charge in [-0.1, -0.05) is 6.07 Å². The SMILES string of the molecule is CCOC(=O)OCCN(C)C(=O)n1c([S+]([O-])Cc2ncc(C)c(OC)c2C)nc2cc(C)ccc21. The van der Waals surface area contributed by atoms with Crippen molar-refractivity contribution in [1.82, 2.24) is 19.4 Å². The van der Waals surface area contributed by atoms with Crippen LogP contribution in [0.25, 0.3) is 11.0 Å². The lowest BCUT2D eigenvalue weighted by Crippen LogP contribution is -2.35. The molecule has 0 N–H and O–H groups in total. The molecule has 1 atom stereocenters. The third kappa shape index (κ3) is 5.85. The first-order valence-corrected chi connectivity index (χ1v) is 12.4. The quantitative estimate of drug-likeness (QED) is 0.338. The second-order valence-electron chi connectivity index (χ2n) is 7.99. The number of nitrogens with zero attached hydrogens (tertiary/aromatic N) is 4. The second kappa shape index (κ2) is 11.4. The van der Waals surface area contributed by atoms with Gasteiger partial charge in [0.05, 0.1) is 37.0 Å². The van der Waals surface area contributed by atoms with Crippen LogP contribution in [0.1, 0.15) is 29.3 Å². The van der Waals surface area contributed by atoms with Crippen molar-refractivity contribution in [2.75, 3.05) is 33.9 Å². The van der Waals surface area contributed by atoms with Crippen LogP contribution in [-0.4, -0.2) is 70.1 Å². The van der Waals surface area contributed by atoms with Gasteiger partial charge in [0.2, 0.25) is 0 Å². The maximum absolute atomic E-state index is 13.5. The number of carbonyl (C=O) groups excluding carboxylic acids is 2. The molecule has 0 bridgehead atoms. The number of benzene rings is 1. The van der Waals surface area contributed by atoms with Gasteiger partial charge in [-0.2, -0.15) is 4.98 Å². The summed E-state index contributed by atoms with van der Waals surface area (Å²) in [5.74, 6) is 0.752. The number of aromatic nitrogens is 3. The van der Waals surface area contributed by atoms with Gasteiger partial charge in [-0.25, -0.2) is 14.2 Å². The molecule has 1 amide bonds. The highest BCUT2D eigenvalue weighted by molar-refractivity contribution is 7.90. The number of imidazole rings is 1. The van der Waals surface area contributed by atoms with Crippen LogP contribution in [0.4, 0.5) is 9.59 Å². The lowest BCUT2D eigenvalue weighted by atomic mass is 10.1. The second-order valence-corrected chi connectivity index (χ2v) is 9.34. The molecule has 0 fully saturated rings. The molecule has 3 aromatic rings. The van der Waals surface area contributed by atoms with E-state index < -0.39 is 23.4 Å². The number of rotatable bonds is 8. The Hall–Kier alpha value is -3.31. The van der Waals surface area contributed by atoms with Crippen molar-refractivity contribution in [2.24, 2.45) is 0 Å². The molecule has 0 aliphatic heterocycles. The van der Waals surface area contributed by atoms with Gasteiger partial charge in [-0.15, -0.1) is 0 Å². The largest absolute Gasteiger partial charge is 0.609 e. The molecular formula is C24H30N4O6S. The Bertz CT molecular complexity index is 1230. The van der Waals surface area contributed by atoms with Crippen LogP contribution in [0.5, 0.6) is 5.75 Å². The maximum Gasteiger partial charge on any atom is 0.508 e. The Labute approximate surface area is 207 Å². The van der Waals surface area contributed by atoms with Crippen LogP contribution < -0.4 is 4.74 Å². The fraction of sp³-hybridized carbons (Fsp3) is 0.417. The van der Waals surface area contributed by atoms with E-state index in [1.54, 1.807) is 33.3 Å². The highest BCUT2D eigenvalue weighted by Gasteiger charge is 2.29. The van der Waals surface area contributed by atoms with Gasteiger partial charge < -0.3 is 23.7 Å². The van der Waals surface area contributed by atoms with Gasteiger partial charge >= 0.3 is 17.3 Å². The minimum atomic E-state index is -1.68. The first kappa shape index (κ1) is 26.3. The molecule has 11 heteroatoms. The molecule has 1 unspecified atom stereocenters. The first-order chi connectivity index (χ1) is 16.7. The number of hydrogen-bond donors (Lipinski definition) is 0. The van der Waals surface area contributed by atoms with E-state index in [1.807, 2.05) is 32.9 Å². The number of pyridine rings is 1. The molecule has 0 aliphatic rings. The Morgan fingerprint density at radius 2 is 1.94 bits per heavy atom. The summed E-state index contributed by atoms with van der Waals surface area (Å²) in [4.78, 5) is 35.2. The zero-order chi connectivity index (χ0) is 25.7. The normalized spacial score (nSPS) is 11.9. The summed E-state index contributed by atoms with van der Waals surface area (Å²) in [6.45, 7) is 7.62. The number of methoxy groups -OCH3 is 1. The number of carbonyl (C=O) groups is 2. The molecule has 0 spiro atoms. The monoisotopic (exact) mass is 502 g/mol. The summed E-state index contributed by atoms with van der Waals surface area (Å²) in [6, 6.07) is 5.03. The predicted octanol–water partition coefficient (Wildman–Crippen LogP) is 3.75. The number of fused-ring (bicyclic) bond motifs is 1. The van der Waals surface area contributed by atoms with Crippen molar-refractivity contribution in [3.05, 3.63) is 46.8 Å². The summed E-state index contributed by atoms with van der Waals surface area (Å²) in [5, 5.41) is 0.120. The maximum atomic E-state index is 13.5. The lowest BCUT2D eigenvalue weighted by Gasteiger charge is -2.19. The van der Waals surface area contributed by atoms with Crippen LogP contribution in [-0.2, 0) is 26.4 Å². The molecule has 35 heavy (non-hydrogen) atoms. The van der Waals surface area contributed by atoms with E-state index in [0.717, 1.165) is 16.7 Å². The lowest BCUT2D eigenvalue weighted by molar-refractivity contribution is 0.0550. The van der Waals surface area contributed by atoms with Gasteiger partial charge in [0, 0.05) is 35.5 Å². The minimum absolute atomic E-state index is 0.0441. The average Bonchev–Trinajstić information content (AvgIpc) is 3.19. The summed E-state index contributed by atoms with van der Waals surface area (Å²) >= 11 is -1.68.